The fourth-order valence-electron chi connectivity index (χ4n) is 6.27. The highest BCUT2D eigenvalue weighted by Gasteiger charge is 2.50. The minimum absolute atomic E-state index is 0.201. The van der Waals surface area contributed by atoms with Crippen molar-refractivity contribution in [3.63, 3.8) is 0 Å². The number of carbonyl (C=O) groups excluding carboxylic acids is 1. The quantitative estimate of drug-likeness (QED) is 0.535. The van der Waals surface area contributed by atoms with Crippen molar-refractivity contribution in [2.45, 2.75) is 72.6 Å². The molecule has 0 bridgehead atoms. The number of hydrogen-bond acceptors (Lipinski definition) is 1. The van der Waals surface area contributed by atoms with Crippen molar-refractivity contribution in [1.29, 1.82) is 0 Å². The fraction of sp³-hybridized carbons (Fsp3) is 0.708. The van der Waals surface area contributed by atoms with Crippen LogP contribution >= 0.6 is 0 Å². The van der Waals surface area contributed by atoms with Crippen LogP contribution < -0.4 is 0 Å². The molecule has 0 heterocycles. The van der Waals surface area contributed by atoms with Gasteiger partial charge >= 0.3 is 0 Å². The second-order valence-electron chi connectivity index (χ2n) is 9.50. The van der Waals surface area contributed by atoms with Crippen molar-refractivity contribution in [2.24, 2.45) is 35.0 Å². The van der Waals surface area contributed by atoms with Gasteiger partial charge in [0.2, 0.25) is 0 Å². The molecule has 138 valence electrons. The van der Waals surface area contributed by atoms with Crippen LogP contribution in [-0.2, 0) is 4.79 Å². The van der Waals surface area contributed by atoms with Gasteiger partial charge in [0, 0.05) is 5.92 Å². The third-order valence-corrected chi connectivity index (χ3v) is 7.72. The zero-order valence-electron chi connectivity index (χ0n) is 16.7. The van der Waals surface area contributed by atoms with E-state index in [0.717, 1.165) is 5.92 Å². The first-order valence-corrected chi connectivity index (χ1v) is 10.4. The Morgan fingerprint density at radius 3 is 2.72 bits per heavy atom. The van der Waals surface area contributed by atoms with Crippen LogP contribution in [0.2, 0.25) is 0 Å². The molecular weight excluding hydrogens is 304 g/mol. The average Bonchev–Trinajstić information content (AvgIpc) is 2.93. The van der Waals surface area contributed by atoms with Crippen molar-refractivity contribution in [1.82, 2.24) is 0 Å². The monoisotopic (exact) mass is 340 g/mol. The van der Waals surface area contributed by atoms with Gasteiger partial charge in [-0.15, -0.1) is 0 Å². The van der Waals surface area contributed by atoms with Crippen molar-refractivity contribution in [3.8, 4) is 0 Å². The van der Waals surface area contributed by atoms with Gasteiger partial charge in [0.15, 0.2) is 0 Å². The molecule has 3 aliphatic rings. The van der Waals surface area contributed by atoms with Gasteiger partial charge in [0.05, 0.1) is 0 Å². The van der Waals surface area contributed by atoms with Gasteiger partial charge in [-0.2, -0.15) is 0 Å². The molecule has 0 aromatic rings. The van der Waals surface area contributed by atoms with Crippen molar-refractivity contribution >= 4 is 6.29 Å². The summed E-state index contributed by atoms with van der Waals surface area (Å²) in [6.45, 7) is 13.6. The maximum absolute atomic E-state index is 11.4. The lowest BCUT2D eigenvalue weighted by molar-refractivity contribution is -0.113. The molecule has 0 aromatic heterocycles. The van der Waals surface area contributed by atoms with Gasteiger partial charge in [-0.1, -0.05) is 52.0 Å². The first kappa shape index (κ1) is 18.7. The van der Waals surface area contributed by atoms with Crippen LogP contribution in [0, 0.1) is 35.0 Å². The molecular formula is C24H36O. The second kappa shape index (κ2) is 7.25. The molecule has 0 aliphatic heterocycles. The Labute approximate surface area is 154 Å². The number of fused-ring (bicyclic) bond motifs is 1. The van der Waals surface area contributed by atoms with Gasteiger partial charge < -0.3 is 4.79 Å². The van der Waals surface area contributed by atoms with Crippen molar-refractivity contribution < 1.29 is 4.79 Å². The molecule has 6 atom stereocenters. The summed E-state index contributed by atoms with van der Waals surface area (Å²) < 4.78 is 0. The Morgan fingerprint density at radius 1 is 1.24 bits per heavy atom. The van der Waals surface area contributed by atoms with E-state index in [0.29, 0.717) is 23.2 Å². The Balaban J connectivity index is 1.83. The Bertz CT molecular complexity index is 595. The number of rotatable bonds is 3. The Hall–Kier alpha value is -1.11. The first-order valence-electron chi connectivity index (χ1n) is 10.4. The van der Waals surface area contributed by atoms with E-state index in [9.17, 15) is 4.79 Å². The maximum Gasteiger partial charge on any atom is 0.123 e. The summed E-state index contributed by atoms with van der Waals surface area (Å²) in [6.07, 6.45) is 14.8. The van der Waals surface area contributed by atoms with E-state index < -0.39 is 0 Å². The number of aldehydes is 1. The van der Waals surface area contributed by atoms with Crippen LogP contribution in [0.15, 0.2) is 35.5 Å². The van der Waals surface area contributed by atoms with Crippen LogP contribution in [0.1, 0.15) is 72.6 Å². The number of allylic oxidation sites excluding steroid dienone is 5. The second-order valence-corrected chi connectivity index (χ2v) is 9.50. The molecule has 3 saturated carbocycles. The first-order chi connectivity index (χ1) is 11.9. The van der Waals surface area contributed by atoms with E-state index in [1.807, 2.05) is 0 Å². The van der Waals surface area contributed by atoms with Gasteiger partial charge in [0.25, 0.3) is 0 Å². The summed E-state index contributed by atoms with van der Waals surface area (Å²) in [5, 5.41) is 0. The predicted octanol–water partition coefficient (Wildman–Crippen LogP) is 6.51. The van der Waals surface area contributed by atoms with Crippen LogP contribution in [0.5, 0.6) is 0 Å². The summed E-state index contributed by atoms with van der Waals surface area (Å²) in [7, 11) is 0. The molecule has 3 aliphatic carbocycles. The summed E-state index contributed by atoms with van der Waals surface area (Å²) in [5.41, 5.74) is 4.79. The Kier molecular flexibility index (Phi) is 5.42. The molecule has 0 N–H and O–H groups in total. The molecule has 1 unspecified atom stereocenters. The molecule has 1 nitrogen and oxygen atoms in total. The van der Waals surface area contributed by atoms with Crippen LogP contribution in [0.4, 0.5) is 0 Å². The molecule has 1 heteroatoms. The van der Waals surface area contributed by atoms with Crippen molar-refractivity contribution in [3.05, 3.63) is 35.5 Å². The molecule has 0 saturated heterocycles. The highest BCUT2D eigenvalue weighted by molar-refractivity contribution is 5.54. The zero-order chi connectivity index (χ0) is 18.2. The number of hydrogen-bond donors (Lipinski definition) is 0. The third kappa shape index (κ3) is 3.44. The summed E-state index contributed by atoms with van der Waals surface area (Å²) in [5.74, 6) is 2.83. The molecule has 0 radical (unpaired) electrons. The molecule has 0 amide bonds. The zero-order valence-corrected chi connectivity index (χ0v) is 16.7. The molecule has 25 heavy (non-hydrogen) atoms. The smallest absolute Gasteiger partial charge is 0.123 e. The highest BCUT2D eigenvalue weighted by Crippen LogP contribution is 2.59. The lowest BCUT2D eigenvalue weighted by Gasteiger charge is -2.43. The fourth-order valence-corrected chi connectivity index (χ4v) is 6.27. The van der Waals surface area contributed by atoms with Gasteiger partial charge in [-0.25, -0.2) is 0 Å². The van der Waals surface area contributed by atoms with Gasteiger partial charge in [-0.05, 0) is 85.2 Å². The predicted molar refractivity (Wildman–Crippen MR) is 106 cm³/mol. The Morgan fingerprint density at radius 2 is 2.00 bits per heavy atom. The summed E-state index contributed by atoms with van der Waals surface area (Å²) in [4.78, 5) is 11.4. The SMILES string of the molecule is C=C1/C(=C/C=C2\CCC[C@]3(C)[C@@H](C(C)C=O)CC[C@@H]23)C[C@@H](C)C[C@@H]1C. The molecule has 0 spiro atoms. The highest BCUT2D eigenvalue weighted by atomic mass is 16.1. The van der Waals surface area contributed by atoms with E-state index >= 15 is 0 Å². The van der Waals surface area contributed by atoms with Crippen molar-refractivity contribution in [2.75, 3.05) is 0 Å². The number of carbonyl (C=O) groups is 1. The van der Waals surface area contributed by atoms with Gasteiger partial charge in [0.1, 0.15) is 6.29 Å². The summed E-state index contributed by atoms with van der Waals surface area (Å²) in [6, 6.07) is 0. The molecule has 0 aromatic carbocycles. The normalized spacial score (nSPS) is 43.3. The summed E-state index contributed by atoms with van der Waals surface area (Å²) >= 11 is 0. The minimum Gasteiger partial charge on any atom is -0.303 e. The van der Waals surface area contributed by atoms with Gasteiger partial charge in [-0.3, -0.25) is 0 Å². The van der Waals surface area contributed by atoms with Crippen LogP contribution in [-0.4, -0.2) is 6.29 Å². The van der Waals surface area contributed by atoms with E-state index in [4.69, 9.17) is 0 Å². The lowest BCUT2D eigenvalue weighted by Crippen LogP contribution is -2.36. The van der Waals surface area contributed by atoms with Crippen LogP contribution in [0.3, 0.4) is 0 Å². The topological polar surface area (TPSA) is 17.1 Å². The lowest BCUT2D eigenvalue weighted by atomic mass is 9.61. The molecule has 3 fully saturated rings. The van der Waals surface area contributed by atoms with Crippen LogP contribution in [0.25, 0.3) is 0 Å². The third-order valence-electron chi connectivity index (χ3n) is 7.72. The average molecular weight is 341 g/mol. The standard InChI is InChI=1S/C24H36O/c1-16-13-17(2)19(4)21(14-16)9-8-20-7-6-12-24(5)22(18(3)15-25)10-11-23(20)24/h8-9,15-18,22-23H,4,6-7,10-14H2,1-3,5H3/b20-8+,21-9+/t16-,17-,18?,22+,23-,24+/m0/s1. The molecule has 3 rings (SSSR count). The van der Waals surface area contributed by atoms with E-state index in [1.54, 1.807) is 5.57 Å². The van der Waals surface area contributed by atoms with E-state index in [-0.39, 0.29) is 5.92 Å². The van der Waals surface area contributed by atoms with E-state index in [1.165, 1.54) is 62.4 Å². The minimum atomic E-state index is 0.201. The maximum atomic E-state index is 11.4. The van der Waals surface area contributed by atoms with E-state index in [2.05, 4.69) is 46.4 Å². The largest absolute Gasteiger partial charge is 0.303 e.